The lowest BCUT2D eigenvalue weighted by Crippen LogP contribution is -2.51. The fraction of sp³-hybridized carbons (Fsp3) is 0.474. The Morgan fingerprint density at radius 3 is 2.81 bits per heavy atom. The minimum Gasteiger partial charge on any atom is -0.438 e. The molecule has 1 aromatic heterocycles. The number of hydrogen-bond acceptors (Lipinski definition) is 5. The first-order valence-electron chi connectivity index (χ1n) is 8.79. The molecule has 1 saturated carbocycles. The number of fused-ring (bicyclic) bond motifs is 1. The van der Waals surface area contributed by atoms with Gasteiger partial charge in [-0.2, -0.15) is 10.2 Å². The number of carbonyl (C=O) groups excluding carboxylic acids is 1. The van der Waals surface area contributed by atoms with E-state index in [0.29, 0.717) is 47.7 Å². The van der Waals surface area contributed by atoms with E-state index in [4.69, 9.17) is 22.4 Å². The van der Waals surface area contributed by atoms with E-state index < -0.39 is 11.2 Å². The summed E-state index contributed by atoms with van der Waals surface area (Å²) in [5.41, 5.74) is 0.419. The van der Waals surface area contributed by atoms with Crippen LogP contribution in [0.1, 0.15) is 50.8 Å². The summed E-state index contributed by atoms with van der Waals surface area (Å²) in [4.78, 5) is 17.1. The average Bonchev–Trinajstić information content (AvgIpc) is 3.24. The highest BCUT2D eigenvalue weighted by Gasteiger charge is 2.45. The lowest BCUT2D eigenvalue weighted by atomic mass is 9.76. The number of terminal acetylenes is 1. The van der Waals surface area contributed by atoms with Crippen LogP contribution >= 0.6 is 11.6 Å². The van der Waals surface area contributed by atoms with Crippen molar-refractivity contribution >= 4 is 28.6 Å². The Balaban J connectivity index is 1.43. The number of nitrogens with zero attached hydrogens (tertiary/aromatic N) is 3. The molecule has 1 fully saturated rings. The summed E-state index contributed by atoms with van der Waals surface area (Å²) in [6.07, 6.45) is 10.2. The second-order valence-electron chi connectivity index (χ2n) is 7.00. The maximum atomic E-state index is 12.5. The van der Waals surface area contributed by atoms with Crippen molar-refractivity contribution < 1.29 is 9.21 Å². The molecule has 0 spiro atoms. The molecule has 1 amide bonds. The predicted octanol–water partition coefficient (Wildman–Crippen LogP) is 4.33. The molecule has 0 radical (unpaired) electrons. The number of amides is 1. The van der Waals surface area contributed by atoms with Crippen LogP contribution in [0, 0.1) is 12.3 Å². The van der Waals surface area contributed by atoms with E-state index >= 15 is 0 Å². The Kier molecular flexibility index (Phi) is 4.20. The summed E-state index contributed by atoms with van der Waals surface area (Å²) in [5.74, 6) is 3.11. The second-order valence-corrected chi connectivity index (χ2v) is 7.44. The zero-order valence-corrected chi connectivity index (χ0v) is 15.1. The minimum absolute atomic E-state index is 0.0395. The molecule has 26 heavy (non-hydrogen) atoms. The Bertz CT molecular complexity index is 917. The van der Waals surface area contributed by atoms with Gasteiger partial charge in [0.2, 0.25) is 11.8 Å². The van der Waals surface area contributed by atoms with Crippen molar-refractivity contribution in [3.05, 3.63) is 29.1 Å². The molecule has 0 bridgehead atoms. The van der Waals surface area contributed by atoms with Crippen LogP contribution in [-0.2, 0) is 10.3 Å². The lowest BCUT2D eigenvalue weighted by Gasteiger charge is -2.39. The van der Waals surface area contributed by atoms with Gasteiger partial charge in [0.15, 0.2) is 11.2 Å². The minimum atomic E-state index is -0.521. The average molecular weight is 371 g/mol. The van der Waals surface area contributed by atoms with Crippen molar-refractivity contribution in [3.63, 3.8) is 0 Å². The van der Waals surface area contributed by atoms with Crippen LogP contribution in [-0.4, -0.2) is 16.6 Å². The summed E-state index contributed by atoms with van der Waals surface area (Å²) in [5, 5.41) is 11.9. The molecule has 0 atom stereocenters. The maximum absolute atomic E-state index is 12.5. The molecule has 2 aromatic rings. The van der Waals surface area contributed by atoms with Gasteiger partial charge < -0.3 is 9.73 Å². The molecular weight excluding hydrogens is 352 g/mol. The van der Waals surface area contributed by atoms with Crippen LogP contribution < -0.4 is 5.32 Å². The SMILES string of the molecule is C#CCCC1(CCC(=O)NC2(c3nc4cc(Cl)ccc4o3)CCC2)N=N1. The highest BCUT2D eigenvalue weighted by Crippen LogP contribution is 2.43. The number of halogens is 1. The highest BCUT2D eigenvalue weighted by molar-refractivity contribution is 6.31. The zero-order chi connectivity index (χ0) is 18.2. The van der Waals surface area contributed by atoms with Crippen molar-refractivity contribution in [1.82, 2.24) is 10.3 Å². The lowest BCUT2D eigenvalue weighted by molar-refractivity contribution is -0.125. The Morgan fingerprint density at radius 2 is 2.15 bits per heavy atom. The number of aromatic nitrogens is 1. The molecule has 6 nitrogen and oxygen atoms in total. The van der Waals surface area contributed by atoms with Crippen molar-refractivity contribution in [2.75, 3.05) is 0 Å². The second kappa shape index (κ2) is 6.40. The molecule has 1 aliphatic heterocycles. The van der Waals surface area contributed by atoms with Crippen LogP contribution in [0.25, 0.3) is 11.1 Å². The van der Waals surface area contributed by atoms with Crippen LogP contribution in [0.3, 0.4) is 0 Å². The number of benzene rings is 1. The standard InChI is InChI=1S/C19H19ClN4O2/c1-2-3-10-19(23-24-19)11-7-16(25)22-18(8-4-9-18)17-21-14-12-13(20)5-6-15(14)26-17/h1,5-6,12H,3-4,7-11H2,(H,22,25). The fourth-order valence-electron chi connectivity index (χ4n) is 3.34. The number of rotatable bonds is 7. The van der Waals surface area contributed by atoms with Crippen molar-refractivity contribution in [2.45, 2.75) is 56.1 Å². The first kappa shape index (κ1) is 17.0. The molecule has 0 unspecified atom stereocenters. The van der Waals surface area contributed by atoms with Gasteiger partial charge in [-0.05, 0) is 37.5 Å². The van der Waals surface area contributed by atoms with Crippen molar-refractivity contribution in [3.8, 4) is 12.3 Å². The molecule has 2 heterocycles. The first-order valence-corrected chi connectivity index (χ1v) is 9.17. The molecule has 2 aliphatic rings. The molecule has 4 rings (SSSR count). The van der Waals surface area contributed by atoms with Gasteiger partial charge in [-0.1, -0.05) is 11.6 Å². The third kappa shape index (κ3) is 3.19. The molecule has 1 N–H and O–H groups in total. The highest BCUT2D eigenvalue weighted by atomic mass is 35.5. The fourth-order valence-corrected chi connectivity index (χ4v) is 3.51. The summed E-state index contributed by atoms with van der Waals surface area (Å²) < 4.78 is 5.90. The van der Waals surface area contributed by atoms with E-state index in [1.165, 1.54) is 0 Å². The van der Waals surface area contributed by atoms with Crippen molar-refractivity contribution in [1.29, 1.82) is 0 Å². The maximum Gasteiger partial charge on any atom is 0.221 e. The Labute approximate surface area is 156 Å². The Hall–Kier alpha value is -2.39. The van der Waals surface area contributed by atoms with Crippen LogP contribution in [0.4, 0.5) is 0 Å². The topological polar surface area (TPSA) is 79.9 Å². The van der Waals surface area contributed by atoms with E-state index in [-0.39, 0.29) is 5.91 Å². The molecule has 1 aromatic carbocycles. The molecule has 1 aliphatic carbocycles. The zero-order valence-electron chi connectivity index (χ0n) is 14.3. The number of oxazole rings is 1. The summed E-state index contributed by atoms with van der Waals surface area (Å²) in [7, 11) is 0. The molecular formula is C19H19ClN4O2. The van der Waals surface area contributed by atoms with Crippen molar-refractivity contribution in [2.24, 2.45) is 10.2 Å². The third-order valence-corrected chi connectivity index (χ3v) is 5.38. The monoisotopic (exact) mass is 370 g/mol. The van der Waals surface area contributed by atoms with Gasteiger partial charge in [0.25, 0.3) is 0 Å². The van der Waals surface area contributed by atoms with Gasteiger partial charge in [0, 0.05) is 30.7 Å². The van der Waals surface area contributed by atoms with E-state index in [0.717, 1.165) is 19.3 Å². The quantitative estimate of drug-likeness (QED) is 0.736. The normalized spacial score (nSPS) is 18.9. The van der Waals surface area contributed by atoms with Gasteiger partial charge in [-0.3, -0.25) is 4.79 Å². The van der Waals surface area contributed by atoms with E-state index in [2.05, 4.69) is 26.4 Å². The molecule has 0 saturated heterocycles. The first-order chi connectivity index (χ1) is 12.5. The van der Waals surface area contributed by atoms with Crippen LogP contribution in [0.2, 0.25) is 5.02 Å². The molecule has 134 valence electrons. The third-order valence-electron chi connectivity index (χ3n) is 5.15. The summed E-state index contributed by atoms with van der Waals surface area (Å²) in [6.45, 7) is 0. The van der Waals surface area contributed by atoms with Crippen LogP contribution in [0.15, 0.2) is 32.8 Å². The van der Waals surface area contributed by atoms with Gasteiger partial charge >= 0.3 is 0 Å². The van der Waals surface area contributed by atoms with Gasteiger partial charge in [-0.25, -0.2) is 4.98 Å². The van der Waals surface area contributed by atoms with E-state index in [9.17, 15) is 4.79 Å². The van der Waals surface area contributed by atoms with Crippen LogP contribution in [0.5, 0.6) is 0 Å². The summed E-state index contributed by atoms with van der Waals surface area (Å²) >= 11 is 6.02. The van der Waals surface area contributed by atoms with Gasteiger partial charge in [0.05, 0.1) is 0 Å². The largest absolute Gasteiger partial charge is 0.438 e. The number of carbonyl (C=O) groups is 1. The van der Waals surface area contributed by atoms with Gasteiger partial charge in [-0.15, -0.1) is 12.3 Å². The Morgan fingerprint density at radius 1 is 1.35 bits per heavy atom. The van der Waals surface area contributed by atoms with Gasteiger partial charge in [0.1, 0.15) is 11.1 Å². The molecule has 7 heteroatoms. The smallest absolute Gasteiger partial charge is 0.221 e. The number of hydrogen-bond donors (Lipinski definition) is 1. The summed E-state index contributed by atoms with van der Waals surface area (Å²) in [6, 6.07) is 5.33. The van der Waals surface area contributed by atoms with E-state index in [1.54, 1.807) is 18.2 Å². The predicted molar refractivity (Wildman–Crippen MR) is 97.6 cm³/mol. The van der Waals surface area contributed by atoms with E-state index in [1.807, 2.05) is 0 Å². The number of nitrogens with one attached hydrogen (secondary N) is 1.